The number of carbonyl (C=O) groups is 1. The van der Waals surface area contributed by atoms with Gasteiger partial charge in [-0.05, 0) is 50.5 Å². The predicted molar refractivity (Wildman–Crippen MR) is 130 cm³/mol. The molecule has 0 unspecified atom stereocenters. The topological polar surface area (TPSA) is 85.6 Å². The van der Waals surface area contributed by atoms with Crippen LogP contribution in [-0.4, -0.2) is 21.0 Å². The molecular weight excluding hydrogens is 438 g/mol. The number of anilines is 1. The van der Waals surface area contributed by atoms with Gasteiger partial charge >= 0.3 is 5.97 Å². The van der Waals surface area contributed by atoms with E-state index in [4.69, 9.17) is 9.15 Å². The lowest BCUT2D eigenvalue weighted by Gasteiger charge is -2.14. The molecule has 1 aromatic heterocycles. The van der Waals surface area contributed by atoms with Crippen molar-refractivity contribution in [3.8, 4) is 0 Å². The second kappa shape index (κ2) is 8.90. The number of rotatable bonds is 7. The smallest absolute Gasteiger partial charge is 0.342 e. The zero-order valence-electron chi connectivity index (χ0n) is 19.2. The Balaban J connectivity index is 1.88. The maximum Gasteiger partial charge on any atom is 0.342 e. The molecule has 4 rings (SSSR count). The number of hydrogen-bond acceptors (Lipinski definition) is 5. The average Bonchev–Trinajstić information content (AvgIpc) is 3.11. The van der Waals surface area contributed by atoms with Crippen molar-refractivity contribution in [2.24, 2.45) is 0 Å². The summed E-state index contributed by atoms with van der Waals surface area (Å²) in [6.07, 6.45) is 1.68. The predicted octanol–water partition coefficient (Wildman–Crippen LogP) is 6.27. The Bertz CT molecular complexity index is 1470. The lowest BCUT2D eigenvalue weighted by Crippen LogP contribution is -2.15. The molecule has 0 saturated heterocycles. The van der Waals surface area contributed by atoms with Gasteiger partial charge < -0.3 is 9.15 Å². The van der Waals surface area contributed by atoms with Crippen LogP contribution in [0.4, 0.5) is 5.69 Å². The van der Waals surface area contributed by atoms with Gasteiger partial charge in [-0.2, -0.15) is 0 Å². The standard InChI is InChI=1S/C26H27NO5S/c1-5-6-13-31-26(28)24-18(4)32-25-20-10-8-7-9-19(20)22(15-21(24)25)27-33(29,30)23-14-16(2)11-12-17(23)3/h7-12,14-15,27H,5-6,13H2,1-4H3. The fourth-order valence-corrected chi connectivity index (χ4v) is 5.36. The molecule has 0 aliphatic heterocycles. The van der Waals surface area contributed by atoms with Gasteiger partial charge in [-0.15, -0.1) is 0 Å². The summed E-state index contributed by atoms with van der Waals surface area (Å²) in [4.78, 5) is 13.0. The summed E-state index contributed by atoms with van der Waals surface area (Å²) in [5.41, 5.74) is 2.73. The van der Waals surface area contributed by atoms with E-state index in [0.29, 0.717) is 50.9 Å². The van der Waals surface area contributed by atoms with E-state index in [1.165, 1.54) is 0 Å². The van der Waals surface area contributed by atoms with E-state index >= 15 is 0 Å². The van der Waals surface area contributed by atoms with Gasteiger partial charge in [-0.1, -0.05) is 49.7 Å². The number of aryl methyl sites for hydroxylation is 3. The molecule has 0 fully saturated rings. The molecule has 0 atom stereocenters. The van der Waals surface area contributed by atoms with Crippen LogP contribution in [0.15, 0.2) is 57.8 Å². The number of ether oxygens (including phenoxy) is 1. The number of carbonyl (C=O) groups excluding carboxylic acids is 1. The highest BCUT2D eigenvalue weighted by Crippen LogP contribution is 2.38. The van der Waals surface area contributed by atoms with Crippen LogP contribution in [0.5, 0.6) is 0 Å². The lowest BCUT2D eigenvalue weighted by atomic mass is 10.0. The summed E-state index contributed by atoms with van der Waals surface area (Å²) in [6.45, 7) is 7.67. The molecule has 1 heterocycles. The molecule has 0 amide bonds. The molecule has 6 nitrogen and oxygen atoms in total. The summed E-state index contributed by atoms with van der Waals surface area (Å²) < 4.78 is 40.8. The molecule has 0 aliphatic carbocycles. The summed E-state index contributed by atoms with van der Waals surface area (Å²) in [6, 6.07) is 14.3. The van der Waals surface area contributed by atoms with E-state index in [-0.39, 0.29) is 4.90 Å². The molecule has 3 aromatic carbocycles. The van der Waals surface area contributed by atoms with Crippen molar-refractivity contribution in [1.82, 2.24) is 0 Å². The van der Waals surface area contributed by atoms with E-state index in [2.05, 4.69) is 4.72 Å². The van der Waals surface area contributed by atoms with Crippen molar-refractivity contribution in [2.45, 2.75) is 45.4 Å². The van der Waals surface area contributed by atoms with E-state index in [1.54, 1.807) is 32.0 Å². The number of nitrogens with one attached hydrogen (secondary N) is 1. The third-order valence-corrected chi connectivity index (χ3v) is 7.19. The molecule has 0 bridgehead atoms. The highest BCUT2D eigenvalue weighted by molar-refractivity contribution is 7.92. The van der Waals surface area contributed by atoms with E-state index < -0.39 is 16.0 Å². The normalized spacial score (nSPS) is 11.8. The van der Waals surface area contributed by atoms with Crippen LogP contribution >= 0.6 is 0 Å². The van der Waals surface area contributed by atoms with Crippen molar-refractivity contribution in [3.05, 3.63) is 71.0 Å². The van der Waals surface area contributed by atoms with Crippen LogP contribution in [0.1, 0.15) is 47.0 Å². The fraction of sp³-hybridized carbons (Fsp3) is 0.269. The minimum atomic E-state index is -3.87. The molecule has 7 heteroatoms. The van der Waals surface area contributed by atoms with Crippen LogP contribution in [-0.2, 0) is 14.8 Å². The van der Waals surface area contributed by atoms with Gasteiger partial charge in [0.05, 0.1) is 17.2 Å². The fourth-order valence-electron chi connectivity index (χ4n) is 3.95. The Morgan fingerprint density at radius 3 is 2.45 bits per heavy atom. The van der Waals surface area contributed by atoms with Crippen molar-refractivity contribution in [2.75, 3.05) is 11.3 Å². The maximum absolute atomic E-state index is 13.3. The van der Waals surface area contributed by atoms with Crippen LogP contribution in [0.2, 0.25) is 0 Å². The number of sulfonamides is 1. The van der Waals surface area contributed by atoms with Gasteiger partial charge in [0, 0.05) is 16.2 Å². The molecule has 0 saturated carbocycles. The minimum absolute atomic E-state index is 0.217. The highest BCUT2D eigenvalue weighted by Gasteiger charge is 2.24. The Hall–Kier alpha value is -3.32. The summed E-state index contributed by atoms with van der Waals surface area (Å²) in [5, 5.41) is 1.91. The SMILES string of the molecule is CCCCOC(=O)c1c(C)oc2c1cc(NS(=O)(=O)c1cc(C)ccc1C)c1ccccc12. The van der Waals surface area contributed by atoms with Gasteiger partial charge in [0.2, 0.25) is 0 Å². The lowest BCUT2D eigenvalue weighted by molar-refractivity contribution is 0.0500. The first-order valence-corrected chi connectivity index (χ1v) is 12.4. The Kier molecular flexibility index (Phi) is 6.17. The number of hydrogen-bond donors (Lipinski definition) is 1. The summed E-state index contributed by atoms with van der Waals surface area (Å²) in [7, 11) is -3.87. The number of benzene rings is 3. The quantitative estimate of drug-likeness (QED) is 0.257. The summed E-state index contributed by atoms with van der Waals surface area (Å²) in [5.74, 6) is -0.0375. The number of fused-ring (bicyclic) bond motifs is 3. The van der Waals surface area contributed by atoms with Gasteiger partial charge in [0.1, 0.15) is 16.9 Å². The third-order valence-electron chi connectivity index (χ3n) is 5.68. The molecule has 172 valence electrons. The van der Waals surface area contributed by atoms with Gasteiger partial charge in [-0.3, -0.25) is 4.72 Å². The Morgan fingerprint density at radius 2 is 1.73 bits per heavy atom. The molecule has 0 spiro atoms. The van der Waals surface area contributed by atoms with Crippen LogP contribution in [0, 0.1) is 20.8 Å². The number of furan rings is 1. The minimum Gasteiger partial charge on any atom is -0.462 e. The zero-order valence-corrected chi connectivity index (χ0v) is 20.0. The Labute approximate surface area is 193 Å². The first-order chi connectivity index (χ1) is 15.7. The van der Waals surface area contributed by atoms with Crippen molar-refractivity contribution in [1.29, 1.82) is 0 Å². The van der Waals surface area contributed by atoms with Gasteiger partial charge in [-0.25, -0.2) is 13.2 Å². The molecule has 4 aromatic rings. The van der Waals surface area contributed by atoms with Gasteiger partial charge in [0.15, 0.2) is 0 Å². The first kappa shape index (κ1) is 22.9. The summed E-state index contributed by atoms with van der Waals surface area (Å²) >= 11 is 0. The van der Waals surface area contributed by atoms with Crippen LogP contribution in [0.25, 0.3) is 21.7 Å². The largest absolute Gasteiger partial charge is 0.462 e. The highest BCUT2D eigenvalue weighted by atomic mass is 32.2. The first-order valence-electron chi connectivity index (χ1n) is 10.9. The molecular formula is C26H27NO5S. The van der Waals surface area contributed by atoms with E-state index in [0.717, 1.165) is 18.4 Å². The third kappa shape index (κ3) is 4.33. The average molecular weight is 466 g/mol. The van der Waals surface area contributed by atoms with Crippen LogP contribution in [0.3, 0.4) is 0 Å². The number of esters is 1. The van der Waals surface area contributed by atoms with Crippen LogP contribution < -0.4 is 4.72 Å². The van der Waals surface area contributed by atoms with Crippen molar-refractivity contribution >= 4 is 43.4 Å². The second-order valence-corrected chi connectivity index (χ2v) is 9.89. The molecule has 33 heavy (non-hydrogen) atoms. The van der Waals surface area contributed by atoms with E-state index in [9.17, 15) is 13.2 Å². The monoisotopic (exact) mass is 465 g/mol. The molecule has 0 radical (unpaired) electrons. The zero-order chi connectivity index (χ0) is 23.8. The second-order valence-electron chi connectivity index (χ2n) is 8.24. The molecule has 1 N–H and O–H groups in total. The number of unbranched alkanes of at least 4 members (excludes halogenated alkanes) is 1. The van der Waals surface area contributed by atoms with Crippen molar-refractivity contribution < 1.29 is 22.4 Å². The Morgan fingerprint density at radius 1 is 1.00 bits per heavy atom. The maximum atomic E-state index is 13.3. The molecule has 0 aliphatic rings. The van der Waals surface area contributed by atoms with Gasteiger partial charge in [0.25, 0.3) is 10.0 Å². The van der Waals surface area contributed by atoms with Crippen molar-refractivity contribution in [3.63, 3.8) is 0 Å². The van der Waals surface area contributed by atoms with E-state index in [1.807, 2.05) is 44.2 Å².